The molecule has 1 atom stereocenters. The van der Waals surface area contributed by atoms with Gasteiger partial charge in [0.2, 0.25) is 0 Å². The Balaban J connectivity index is 1.92. The zero-order valence-electron chi connectivity index (χ0n) is 8.67. The highest BCUT2D eigenvalue weighted by Crippen LogP contribution is 2.27. The Bertz CT molecular complexity index is 431. The monoisotopic (exact) mass is 347 g/mol. The van der Waals surface area contributed by atoms with Crippen LogP contribution in [-0.2, 0) is 6.54 Å². The topological polar surface area (TPSA) is 38.3 Å². The second-order valence-electron chi connectivity index (χ2n) is 3.45. The van der Waals surface area contributed by atoms with E-state index in [4.69, 9.17) is 8.83 Å². The van der Waals surface area contributed by atoms with Crippen molar-refractivity contribution < 1.29 is 8.83 Å². The second kappa shape index (κ2) is 5.21. The van der Waals surface area contributed by atoms with E-state index in [0.29, 0.717) is 6.54 Å². The van der Waals surface area contributed by atoms with E-state index in [9.17, 15) is 0 Å². The molecule has 0 amide bonds. The Hall–Kier alpha value is -0.520. The van der Waals surface area contributed by atoms with Crippen LogP contribution in [0.15, 0.2) is 42.4 Å². The van der Waals surface area contributed by atoms with Crippen molar-refractivity contribution in [1.29, 1.82) is 0 Å². The predicted molar refractivity (Wildman–Crippen MR) is 68.1 cm³/mol. The standard InChI is InChI=1S/C11H11Br2NO2/c1-7(10-3-2-4-15-10)14-6-8-5-9(12)11(13)16-8/h2-5,7,14H,6H2,1H3/t7-/m1/s1. The summed E-state index contributed by atoms with van der Waals surface area (Å²) in [7, 11) is 0. The van der Waals surface area contributed by atoms with Crippen molar-refractivity contribution in [1.82, 2.24) is 5.32 Å². The minimum Gasteiger partial charge on any atom is -0.468 e. The molecule has 2 aromatic rings. The largest absolute Gasteiger partial charge is 0.468 e. The summed E-state index contributed by atoms with van der Waals surface area (Å²) in [6, 6.07) is 5.93. The lowest BCUT2D eigenvalue weighted by Gasteiger charge is -2.09. The number of hydrogen-bond acceptors (Lipinski definition) is 3. The lowest BCUT2D eigenvalue weighted by molar-refractivity contribution is 0.402. The summed E-state index contributed by atoms with van der Waals surface area (Å²) in [4.78, 5) is 0. The number of hydrogen-bond donors (Lipinski definition) is 1. The number of furan rings is 2. The molecule has 0 saturated carbocycles. The van der Waals surface area contributed by atoms with E-state index < -0.39 is 0 Å². The highest BCUT2D eigenvalue weighted by Gasteiger charge is 2.10. The van der Waals surface area contributed by atoms with Gasteiger partial charge in [0, 0.05) is 0 Å². The molecule has 0 saturated heterocycles. The van der Waals surface area contributed by atoms with Crippen molar-refractivity contribution in [3.63, 3.8) is 0 Å². The molecule has 0 spiro atoms. The molecule has 2 rings (SSSR count). The highest BCUT2D eigenvalue weighted by molar-refractivity contribution is 9.13. The molecule has 0 aliphatic rings. The van der Waals surface area contributed by atoms with Gasteiger partial charge >= 0.3 is 0 Å². The molecule has 86 valence electrons. The maximum atomic E-state index is 5.46. The summed E-state index contributed by atoms with van der Waals surface area (Å²) in [5.41, 5.74) is 0. The predicted octanol–water partition coefficient (Wildman–Crippen LogP) is 4.25. The molecule has 5 heteroatoms. The van der Waals surface area contributed by atoms with Crippen LogP contribution in [0.1, 0.15) is 24.5 Å². The fraction of sp³-hybridized carbons (Fsp3) is 0.273. The lowest BCUT2D eigenvalue weighted by atomic mass is 10.2. The summed E-state index contributed by atoms with van der Waals surface area (Å²) < 4.78 is 12.4. The average molecular weight is 349 g/mol. The van der Waals surface area contributed by atoms with Crippen LogP contribution in [-0.4, -0.2) is 0 Å². The molecular weight excluding hydrogens is 338 g/mol. The molecule has 0 fully saturated rings. The smallest absolute Gasteiger partial charge is 0.183 e. The second-order valence-corrected chi connectivity index (χ2v) is 5.03. The van der Waals surface area contributed by atoms with E-state index in [1.54, 1.807) is 6.26 Å². The van der Waals surface area contributed by atoms with Crippen molar-refractivity contribution in [3.8, 4) is 0 Å². The van der Waals surface area contributed by atoms with E-state index >= 15 is 0 Å². The van der Waals surface area contributed by atoms with Gasteiger partial charge in [0.25, 0.3) is 0 Å². The third-order valence-electron chi connectivity index (χ3n) is 2.25. The van der Waals surface area contributed by atoms with Crippen LogP contribution >= 0.6 is 31.9 Å². The zero-order chi connectivity index (χ0) is 11.5. The van der Waals surface area contributed by atoms with Crippen LogP contribution in [0.5, 0.6) is 0 Å². The van der Waals surface area contributed by atoms with Crippen molar-refractivity contribution in [2.45, 2.75) is 19.5 Å². The van der Waals surface area contributed by atoms with Gasteiger partial charge < -0.3 is 14.2 Å². The van der Waals surface area contributed by atoms with Gasteiger partial charge in [-0.3, -0.25) is 0 Å². The Labute approximate surface area is 110 Å². The molecule has 1 N–H and O–H groups in total. The Morgan fingerprint density at radius 1 is 1.44 bits per heavy atom. The van der Waals surface area contributed by atoms with Gasteiger partial charge in [0.15, 0.2) is 4.67 Å². The van der Waals surface area contributed by atoms with Gasteiger partial charge in [0.05, 0.1) is 23.3 Å². The van der Waals surface area contributed by atoms with E-state index in [0.717, 1.165) is 20.7 Å². The normalized spacial score (nSPS) is 12.9. The van der Waals surface area contributed by atoms with E-state index in [-0.39, 0.29) is 6.04 Å². The van der Waals surface area contributed by atoms with Gasteiger partial charge in [-0.15, -0.1) is 0 Å². The molecule has 2 heterocycles. The van der Waals surface area contributed by atoms with Gasteiger partial charge in [-0.2, -0.15) is 0 Å². The molecule has 16 heavy (non-hydrogen) atoms. The van der Waals surface area contributed by atoms with Gasteiger partial charge in [-0.05, 0) is 57.0 Å². The van der Waals surface area contributed by atoms with Crippen molar-refractivity contribution in [2.75, 3.05) is 0 Å². The third kappa shape index (κ3) is 2.78. The molecule has 0 aliphatic heterocycles. The molecular formula is C11H11Br2NO2. The quantitative estimate of drug-likeness (QED) is 0.897. The zero-order valence-corrected chi connectivity index (χ0v) is 11.8. The highest BCUT2D eigenvalue weighted by atomic mass is 79.9. The first kappa shape index (κ1) is 12.0. The van der Waals surface area contributed by atoms with Crippen LogP contribution in [0.2, 0.25) is 0 Å². The van der Waals surface area contributed by atoms with E-state index in [1.807, 2.05) is 25.1 Å². The summed E-state index contributed by atoms with van der Waals surface area (Å²) >= 11 is 6.68. The first-order chi connectivity index (χ1) is 7.66. The Morgan fingerprint density at radius 3 is 2.81 bits per heavy atom. The molecule has 0 bridgehead atoms. The van der Waals surface area contributed by atoms with E-state index in [2.05, 4.69) is 37.2 Å². The number of halogens is 2. The fourth-order valence-electron chi connectivity index (χ4n) is 1.37. The van der Waals surface area contributed by atoms with Crippen LogP contribution in [0.25, 0.3) is 0 Å². The summed E-state index contributed by atoms with van der Waals surface area (Å²) in [5, 5.41) is 3.31. The first-order valence-electron chi connectivity index (χ1n) is 4.87. The molecule has 0 aromatic carbocycles. The first-order valence-corrected chi connectivity index (χ1v) is 6.46. The Morgan fingerprint density at radius 2 is 2.25 bits per heavy atom. The molecule has 0 radical (unpaired) electrons. The fourth-order valence-corrected chi connectivity index (χ4v) is 2.03. The van der Waals surface area contributed by atoms with Crippen molar-refractivity contribution >= 4 is 31.9 Å². The summed E-state index contributed by atoms with van der Waals surface area (Å²) in [5.74, 6) is 1.79. The Kier molecular flexibility index (Phi) is 3.89. The lowest BCUT2D eigenvalue weighted by Crippen LogP contribution is -2.17. The molecule has 0 aliphatic carbocycles. The maximum Gasteiger partial charge on any atom is 0.183 e. The van der Waals surface area contributed by atoms with Crippen molar-refractivity contribution in [2.24, 2.45) is 0 Å². The third-order valence-corrected chi connectivity index (χ3v) is 3.96. The SMILES string of the molecule is C[C@@H](NCc1cc(Br)c(Br)o1)c1ccco1. The minimum atomic E-state index is 0.164. The molecule has 2 aromatic heterocycles. The minimum absolute atomic E-state index is 0.164. The van der Waals surface area contributed by atoms with Gasteiger partial charge in [-0.25, -0.2) is 0 Å². The van der Waals surface area contributed by atoms with Crippen molar-refractivity contribution in [3.05, 3.63) is 45.1 Å². The van der Waals surface area contributed by atoms with Gasteiger partial charge in [0.1, 0.15) is 11.5 Å². The number of nitrogens with one attached hydrogen (secondary N) is 1. The van der Waals surface area contributed by atoms with E-state index in [1.165, 1.54) is 0 Å². The van der Waals surface area contributed by atoms with Crippen LogP contribution in [0.4, 0.5) is 0 Å². The maximum absolute atomic E-state index is 5.46. The molecule has 3 nitrogen and oxygen atoms in total. The summed E-state index contributed by atoms with van der Waals surface area (Å²) in [6.45, 7) is 2.71. The summed E-state index contributed by atoms with van der Waals surface area (Å²) in [6.07, 6.45) is 1.67. The average Bonchev–Trinajstić information content (AvgIpc) is 2.86. The van der Waals surface area contributed by atoms with Crippen LogP contribution < -0.4 is 5.32 Å². The van der Waals surface area contributed by atoms with Crippen LogP contribution in [0, 0.1) is 0 Å². The van der Waals surface area contributed by atoms with Gasteiger partial charge in [-0.1, -0.05) is 0 Å². The molecule has 0 unspecified atom stereocenters. The van der Waals surface area contributed by atoms with Crippen LogP contribution in [0.3, 0.4) is 0 Å². The number of rotatable bonds is 4.